The van der Waals surface area contributed by atoms with Crippen LogP contribution in [0.1, 0.15) is 17.3 Å². The molecule has 1 unspecified atom stereocenters. The van der Waals surface area contributed by atoms with Crippen LogP contribution in [0.4, 0.5) is 0 Å². The molecule has 0 saturated carbocycles. The van der Waals surface area contributed by atoms with Gasteiger partial charge in [0.25, 0.3) is 0 Å². The molecule has 1 aromatic carbocycles. The lowest BCUT2D eigenvalue weighted by molar-refractivity contribution is -0.139. The van der Waals surface area contributed by atoms with Gasteiger partial charge in [-0.1, -0.05) is 0 Å². The van der Waals surface area contributed by atoms with Crippen LogP contribution in [0.2, 0.25) is 0 Å². The highest BCUT2D eigenvalue weighted by atomic mass is 32.2. The van der Waals surface area contributed by atoms with Gasteiger partial charge in [-0.3, -0.25) is 4.79 Å². The number of sulfonamides is 1. The van der Waals surface area contributed by atoms with Crippen molar-refractivity contribution >= 4 is 22.0 Å². The number of ether oxygens (including phenoxy) is 1. The number of nitrogens with one attached hydrogen (secondary N) is 1. The SMILES string of the molecule is CCOC(=O)c1ccc(S(=O)(=O)NC(CO)C(=O)O)cc1. The van der Waals surface area contributed by atoms with E-state index in [0.717, 1.165) is 12.1 Å². The number of aliphatic carboxylic acids is 1. The third kappa shape index (κ3) is 4.52. The first-order valence-electron chi connectivity index (χ1n) is 5.95. The summed E-state index contributed by atoms with van der Waals surface area (Å²) in [6.45, 7) is 0.953. The van der Waals surface area contributed by atoms with Crippen molar-refractivity contribution in [3.05, 3.63) is 29.8 Å². The zero-order valence-corrected chi connectivity index (χ0v) is 12.0. The van der Waals surface area contributed by atoms with Gasteiger partial charge >= 0.3 is 11.9 Å². The second kappa shape index (κ2) is 7.16. The van der Waals surface area contributed by atoms with E-state index in [1.807, 2.05) is 4.72 Å². The van der Waals surface area contributed by atoms with Crippen molar-refractivity contribution in [2.24, 2.45) is 0 Å². The normalized spacial score (nSPS) is 12.7. The number of aliphatic hydroxyl groups excluding tert-OH is 1. The summed E-state index contributed by atoms with van der Waals surface area (Å²) >= 11 is 0. The van der Waals surface area contributed by atoms with Gasteiger partial charge in [-0.05, 0) is 31.2 Å². The molecule has 0 radical (unpaired) electrons. The number of carboxylic acid groups (broad SMARTS) is 1. The molecule has 21 heavy (non-hydrogen) atoms. The number of carboxylic acids is 1. The first kappa shape index (κ1) is 17.1. The Morgan fingerprint density at radius 3 is 2.29 bits per heavy atom. The van der Waals surface area contributed by atoms with Gasteiger partial charge in [0.2, 0.25) is 10.0 Å². The molecule has 0 amide bonds. The minimum atomic E-state index is -4.11. The largest absolute Gasteiger partial charge is 0.480 e. The second-order valence-corrected chi connectivity index (χ2v) is 5.65. The zero-order valence-electron chi connectivity index (χ0n) is 11.1. The van der Waals surface area contributed by atoms with Gasteiger partial charge in [0.1, 0.15) is 6.04 Å². The van der Waals surface area contributed by atoms with Gasteiger partial charge in [0.05, 0.1) is 23.7 Å². The van der Waals surface area contributed by atoms with Crippen molar-refractivity contribution in [1.29, 1.82) is 0 Å². The maximum atomic E-state index is 11.9. The number of carbonyl (C=O) groups is 2. The average Bonchev–Trinajstić information content (AvgIpc) is 2.45. The highest BCUT2D eigenvalue weighted by molar-refractivity contribution is 7.89. The monoisotopic (exact) mass is 317 g/mol. The van der Waals surface area contributed by atoms with E-state index < -0.39 is 34.6 Å². The Morgan fingerprint density at radius 2 is 1.86 bits per heavy atom. The summed E-state index contributed by atoms with van der Waals surface area (Å²) in [6, 6.07) is 3.15. The first-order chi connectivity index (χ1) is 9.81. The van der Waals surface area contributed by atoms with Gasteiger partial charge in [0, 0.05) is 0 Å². The van der Waals surface area contributed by atoms with Crippen LogP contribution in [0.15, 0.2) is 29.2 Å². The maximum Gasteiger partial charge on any atom is 0.338 e. The molecule has 0 bridgehead atoms. The number of esters is 1. The molecule has 0 spiro atoms. The second-order valence-electron chi connectivity index (χ2n) is 3.94. The summed E-state index contributed by atoms with van der Waals surface area (Å²) in [5.41, 5.74) is 0.174. The van der Waals surface area contributed by atoms with Crippen molar-refractivity contribution in [3.63, 3.8) is 0 Å². The predicted octanol–water partition coefficient (Wildman–Crippen LogP) is -0.413. The van der Waals surface area contributed by atoms with Gasteiger partial charge in [-0.15, -0.1) is 0 Å². The van der Waals surface area contributed by atoms with Crippen molar-refractivity contribution in [3.8, 4) is 0 Å². The van der Waals surface area contributed by atoms with Crippen LogP contribution in [-0.2, 0) is 19.6 Å². The molecule has 9 heteroatoms. The third-order valence-electron chi connectivity index (χ3n) is 2.45. The third-order valence-corrected chi connectivity index (χ3v) is 3.94. The topological polar surface area (TPSA) is 130 Å². The van der Waals surface area contributed by atoms with Crippen molar-refractivity contribution in [2.75, 3.05) is 13.2 Å². The Kier molecular flexibility index (Phi) is 5.82. The van der Waals surface area contributed by atoms with Crippen LogP contribution in [-0.4, -0.2) is 49.8 Å². The van der Waals surface area contributed by atoms with Crippen LogP contribution in [0.5, 0.6) is 0 Å². The van der Waals surface area contributed by atoms with Crippen molar-refractivity contribution in [1.82, 2.24) is 4.72 Å². The zero-order chi connectivity index (χ0) is 16.0. The summed E-state index contributed by atoms with van der Waals surface area (Å²) in [5.74, 6) is -2.09. The Hall–Kier alpha value is -1.97. The van der Waals surface area contributed by atoms with Crippen LogP contribution in [0, 0.1) is 0 Å². The molecule has 0 heterocycles. The quantitative estimate of drug-likeness (QED) is 0.583. The van der Waals surface area contributed by atoms with Crippen LogP contribution in [0.3, 0.4) is 0 Å². The average molecular weight is 317 g/mol. The molecule has 0 aromatic heterocycles. The fraction of sp³-hybridized carbons (Fsp3) is 0.333. The molecule has 0 aliphatic rings. The van der Waals surface area contributed by atoms with Crippen LogP contribution < -0.4 is 4.72 Å². The minimum Gasteiger partial charge on any atom is -0.480 e. The lowest BCUT2D eigenvalue weighted by Gasteiger charge is -2.12. The summed E-state index contributed by atoms with van der Waals surface area (Å²) in [6.07, 6.45) is 0. The van der Waals surface area contributed by atoms with Crippen molar-refractivity contribution < 1.29 is 33.0 Å². The van der Waals surface area contributed by atoms with E-state index in [4.69, 9.17) is 14.9 Å². The van der Waals surface area contributed by atoms with E-state index in [1.54, 1.807) is 6.92 Å². The fourth-order valence-corrected chi connectivity index (χ4v) is 2.59. The molecule has 1 rings (SSSR count). The van der Waals surface area contributed by atoms with Gasteiger partial charge in [-0.2, -0.15) is 4.72 Å². The highest BCUT2D eigenvalue weighted by Gasteiger charge is 2.24. The Bertz CT molecular complexity index is 609. The van der Waals surface area contributed by atoms with E-state index in [-0.39, 0.29) is 17.1 Å². The number of benzene rings is 1. The first-order valence-corrected chi connectivity index (χ1v) is 7.43. The number of aliphatic hydroxyl groups is 1. The molecule has 1 aromatic rings. The number of rotatable bonds is 7. The molecule has 0 fully saturated rings. The smallest absolute Gasteiger partial charge is 0.338 e. The van der Waals surface area contributed by atoms with E-state index >= 15 is 0 Å². The summed E-state index contributed by atoms with van der Waals surface area (Å²) in [5, 5.41) is 17.5. The standard InChI is InChI=1S/C12H15NO7S/c1-2-20-12(17)8-3-5-9(6-4-8)21(18,19)13-10(7-14)11(15)16/h3-6,10,13-14H,2,7H2,1H3,(H,15,16). The molecule has 8 nitrogen and oxygen atoms in total. The van der Waals surface area contributed by atoms with Gasteiger partial charge < -0.3 is 14.9 Å². The Labute approximate surface area is 121 Å². The minimum absolute atomic E-state index is 0.174. The number of hydrogen-bond donors (Lipinski definition) is 3. The highest BCUT2D eigenvalue weighted by Crippen LogP contribution is 2.12. The predicted molar refractivity (Wildman–Crippen MR) is 71.2 cm³/mol. The van der Waals surface area contributed by atoms with E-state index in [1.165, 1.54) is 12.1 Å². The van der Waals surface area contributed by atoms with Crippen molar-refractivity contribution in [2.45, 2.75) is 17.9 Å². The van der Waals surface area contributed by atoms with Gasteiger partial charge in [0.15, 0.2) is 0 Å². The molecular formula is C12H15NO7S. The van der Waals surface area contributed by atoms with Gasteiger partial charge in [-0.25, -0.2) is 13.2 Å². The summed E-state index contributed by atoms with van der Waals surface area (Å²) in [7, 11) is -4.11. The molecule has 0 saturated heterocycles. The molecular weight excluding hydrogens is 302 g/mol. The van der Waals surface area contributed by atoms with E-state index in [2.05, 4.69) is 0 Å². The van der Waals surface area contributed by atoms with E-state index in [9.17, 15) is 18.0 Å². The summed E-state index contributed by atoms with van der Waals surface area (Å²) < 4.78 is 30.4. The molecule has 0 aliphatic heterocycles. The molecule has 1 atom stereocenters. The molecule has 116 valence electrons. The lowest BCUT2D eigenvalue weighted by atomic mass is 10.2. The van der Waals surface area contributed by atoms with Crippen LogP contribution in [0.25, 0.3) is 0 Å². The number of hydrogen-bond acceptors (Lipinski definition) is 6. The molecule has 0 aliphatic carbocycles. The number of carbonyl (C=O) groups excluding carboxylic acids is 1. The summed E-state index contributed by atoms with van der Waals surface area (Å²) in [4.78, 5) is 21.9. The Morgan fingerprint density at radius 1 is 1.29 bits per heavy atom. The van der Waals surface area contributed by atoms with E-state index in [0.29, 0.717) is 0 Å². The lowest BCUT2D eigenvalue weighted by Crippen LogP contribution is -2.43. The fourth-order valence-electron chi connectivity index (χ4n) is 1.41. The molecule has 3 N–H and O–H groups in total. The Balaban J connectivity index is 2.94. The van der Waals surface area contributed by atoms with Crippen LogP contribution >= 0.6 is 0 Å². The maximum absolute atomic E-state index is 11.9.